The molecular formula is C18H22N2O3S. The monoisotopic (exact) mass is 346 g/mol. The van der Waals surface area contributed by atoms with Crippen LogP contribution in [-0.4, -0.2) is 29.6 Å². The molecule has 0 saturated carbocycles. The Labute approximate surface area is 146 Å². The summed E-state index contributed by atoms with van der Waals surface area (Å²) in [4.78, 5) is 16.8. The molecule has 2 heterocycles. The van der Waals surface area contributed by atoms with Crippen molar-refractivity contribution >= 4 is 17.2 Å². The number of aromatic nitrogens is 1. The predicted molar refractivity (Wildman–Crippen MR) is 93.5 cm³/mol. The maximum Gasteiger partial charge on any atom is 0.251 e. The summed E-state index contributed by atoms with van der Waals surface area (Å²) in [6.45, 7) is 5.14. The second kappa shape index (κ2) is 7.77. The lowest BCUT2D eigenvalue weighted by atomic mass is 10.1. The van der Waals surface area contributed by atoms with Gasteiger partial charge in [0.1, 0.15) is 12.4 Å². The van der Waals surface area contributed by atoms with Gasteiger partial charge in [0.15, 0.2) is 0 Å². The molecule has 0 spiro atoms. The molecule has 1 amide bonds. The second-order valence-electron chi connectivity index (χ2n) is 5.99. The number of hydrogen-bond acceptors (Lipinski definition) is 5. The maximum atomic E-state index is 12.4. The first-order valence-electron chi connectivity index (χ1n) is 8.18. The van der Waals surface area contributed by atoms with E-state index in [4.69, 9.17) is 9.47 Å². The zero-order valence-corrected chi connectivity index (χ0v) is 14.8. The molecule has 1 N–H and O–H groups in total. The average molecular weight is 346 g/mol. The van der Waals surface area contributed by atoms with Gasteiger partial charge in [0.25, 0.3) is 5.91 Å². The Morgan fingerprint density at radius 3 is 3.12 bits per heavy atom. The highest BCUT2D eigenvalue weighted by Gasteiger charge is 2.24. The standard InChI is InChI=1S/C18H22N2O3S/c1-12(17-7-4-8-22-17)19-18(21)14-5-3-6-16(9-14)23-10-15-11-24-13(2)20-15/h3,5-6,9,11-12,17H,4,7-8,10H2,1-2H3,(H,19,21)/t12-,17+/m0/s1. The lowest BCUT2D eigenvalue weighted by Gasteiger charge is -2.20. The number of hydrogen-bond donors (Lipinski definition) is 1. The number of nitrogens with one attached hydrogen (secondary N) is 1. The van der Waals surface area contributed by atoms with E-state index in [2.05, 4.69) is 10.3 Å². The third kappa shape index (κ3) is 4.33. The number of thiazole rings is 1. The minimum Gasteiger partial charge on any atom is -0.487 e. The van der Waals surface area contributed by atoms with Crippen molar-refractivity contribution in [1.82, 2.24) is 10.3 Å². The number of amides is 1. The third-order valence-electron chi connectivity index (χ3n) is 4.03. The normalized spacial score (nSPS) is 18.3. The summed E-state index contributed by atoms with van der Waals surface area (Å²) >= 11 is 1.60. The first-order chi connectivity index (χ1) is 11.6. The number of rotatable bonds is 6. The van der Waals surface area contributed by atoms with Crippen LogP contribution in [-0.2, 0) is 11.3 Å². The quantitative estimate of drug-likeness (QED) is 0.871. The molecule has 0 aliphatic carbocycles. The van der Waals surface area contributed by atoms with E-state index in [1.807, 2.05) is 31.4 Å². The van der Waals surface area contributed by atoms with Crippen LogP contribution < -0.4 is 10.1 Å². The van der Waals surface area contributed by atoms with E-state index in [-0.39, 0.29) is 18.1 Å². The number of aryl methyl sites for hydroxylation is 1. The molecular weight excluding hydrogens is 324 g/mol. The Morgan fingerprint density at radius 1 is 1.54 bits per heavy atom. The van der Waals surface area contributed by atoms with Crippen LogP contribution in [0.25, 0.3) is 0 Å². The lowest BCUT2D eigenvalue weighted by molar-refractivity contribution is 0.0712. The largest absolute Gasteiger partial charge is 0.487 e. The van der Waals surface area contributed by atoms with Gasteiger partial charge in [0, 0.05) is 17.6 Å². The summed E-state index contributed by atoms with van der Waals surface area (Å²) in [5.74, 6) is 0.561. The number of carbonyl (C=O) groups is 1. The molecule has 1 aromatic heterocycles. The molecule has 1 saturated heterocycles. The van der Waals surface area contributed by atoms with Gasteiger partial charge in [-0.2, -0.15) is 0 Å². The highest BCUT2D eigenvalue weighted by Crippen LogP contribution is 2.18. The van der Waals surface area contributed by atoms with Gasteiger partial charge >= 0.3 is 0 Å². The minimum absolute atomic E-state index is 0.00237. The summed E-state index contributed by atoms with van der Waals surface area (Å²) in [5.41, 5.74) is 1.49. The van der Waals surface area contributed by atoms with E-state index in [1.165, 1.54) is 0 Å². The van der Waals surface area contributed by atoms with Crippen molar-refractivity contribution in [3.05, 3.63) is 45.9 Å². The molecule has 1 aromatic carbocycles. The molecule has 3 rings (SSSR count). The smallest absolute Gasteiger partial charge is 0.251 e. The first-order valence-corrected chi connectivity index (χ1v) is 9.06. The minimum atomic E-state index is -0.104. The van der Waals surface area contributed by atoms with Crippen LogP contribution in [0.1, 0.15) is 40.8 Å². The Hall–Kier alpha value is -1.92. The summed E-state index contributed by atoms with van der Waals surface area (Å²) in [6, 6.07) is 7.23. The summed E-state index contributed by atoms with van der Waals surface area (Å²) in [7, 11) is 0. The fourth-order valence-electron chi connectivity index (χ4n) is 2.74. The van der Waals surface area contributed by atoms with Crippen LogP contribution in [0.5, 0.6) is 5.75 Å². The molecule has 1 aliphatic heterocycles. The number of carbonyl (C=O) groups excluding carboxylic acids is 1. The highest BCUT2D eigenvalue weighted by molar-refractivity contribution is 7.09. The lowest BCUT2D eigenvalue weighted by Crippen LogP contribution is -2.40. The van der Waals surface area contributed by atoms with E-state index in [0.29, 0.717) is 17.9 Å². The summed E-state index contributed by atoms with van der Waals surface area (Å²) < 4.78 is 11.4. The van der Waals surface area contributed by atoms with Crippen LogP contribution in [0, 0.1) is 6.92 Å². The molecule has 0 radical (unpaired) electrons. The van der Waals surface area contributed by atoms with Gasteiger partial charge in [-0.05, 0) is 44.9 Å². The first kappa shape index (κ1) is 16.9. The second-order valence-corrected chi connectivity index (χ2v) is 7.05. The Balaban J connectivity index is 1.58. The zero-order chi connectivity index (χ0) is 16.9. The van der Waals surface area contributed by atoms with Gasteiger partial charge in [-0.1, -0.05) is 6.07 Å². The molecule has 0 unspecified atom stereocenters. The molecule has 24 heavy (non-hydrogen) atoms. The van der Waals surface area contributed by atoms with Gasteiger partial charge in [-0.15, -0.1) is 11.3 Å². The SMILES string of the molecule is Cc1nc(COc2cccc(C(=O)N[C@@H](C)[C@H]3CCCO3)c2)cs1. The Morgan fingerprint density at radius 2 is 2.42 bits per heavy atom. The Kier molecular flexibility index (Phi) is 5.48. The van der Waals surface area contributed by atoms with Crippen molar-refractivity contribution < 1.29 is 14.3 Å². The zero-order valence-electron chi connectivity index (χ0n) is 14.0. The van der Waals surface area contributed by atoms with Crippen molar-refractivity contribution in [2.45, 2.75) is 45.4 Å². The van der Waals surface area contributed by atoms with Crippen molar-refractivity contribution in [3.8, 4) is 5.75 Å². The van der Waals surface area contributed by atoms with E-state index >= 15 is 0 Å². The van der Waals surface area contributed by atoms with Crippen LogP contribution in [0.2, 0.25) is 0 Å². The van der Waals surface area contributed by atoms with Crippen molar-refractivity contribution in [2.75, 3.05) is 6.61 Å². The molecule has 1 fully saturated rings. The van der Waals surface area contributed by atoms with Crippen LogP contribution in [0.3, 0.4) is 0 Å². The topological polar surface area (TPSA) is 60.5 Å². The van der Waals surface area contributed by atoms with Crippen LogP contribution in [0.15, 0.2) is 29.6 Å². The number of benzene rings is 1. The fourth-order valence-corrected chi connectivity index (χ4v) is 3.34. The molecule has 0 bridgehead atoms. The molecule has 128 valence electrons. The van der Waals surface area contributed by atoms with Crippen LogP contribution in [0.4, 0.5) is 0 Å². The Bertz CT molecular complexity index is 695. The third-order valence-corrected chi connectivity index (χ3v) is 4.85. The van der Waals surface area contributed by atoms with Gasteiger partial charge in [-0.3, -0.25) is 4.79 Å². The summed E-state index contributed by atoms with van der Waals surface area (Å²) in [5, 5.41) is 6.01. The van der Waals surface area contributed by atoms with Crippen molar-refractivity contribution in [3.63, 3.8) is 0 Å². The van der Waals surface area contributed by atoms with Gasteiger partial charge in [0.2, 0.25) is 0 Å². The van der Waals surface area contributed by atoms with Gasteiger partial charge < -0.3 is 14.8 Å². The summed E-state index contributed by atoms with van der Waals surface area (Å²) in [6.07, 6.45) is 2.17. The van der Waals surface area contributed by atoms with E-state index in [9.17, 15) is 4.79 Å². The van der Waals surface area contributed by atoms with E-state index in [0.717, 1.165) is 30.2 Å². The molecule has 2 atom stereocenters. The maximum absolute atomic E-state index is 12.4. The molecule has 1 aliphatic rings. The van der Waals surface area contributed by atoms with Gasteiger partial charge in [-0.25, -0.2) is 4.98 Å². The fraction of sp³-hybridized carbons (Fsp3) is 0.444. The predicted octanol–water partition coefficient (Wildman–Crippen LogP) is 3.33. The van der Waals surface area contributed by atoms with Crippen LogP contribution >= 0.6 is 11.3 Å². The molecule has 2 aromatic rings. The molecule has 6 heteroatoms. The highest BCUT2D eigenvalue weighted by atomic mass is 32.1. The number of nitrogens with zero attached hydrogens (tertiary/aromatic N) is 1. The van der Waals surface area contributed by atoms with Crippen molar-refractivity contribution in [1.29, 1.82) is 0 Å². The van der Waals surface area contributed by atoms with Gasteiger partial charge in [0.05, 0.1) is 22.8 Å². The van der Waals surface area contributed by atoms with Crippen molar-refractivity contribution in [2.24, 2.45) is 0 Å². The van der Waals surface area contributed by atoms with E-state index in [1.54, 1.807) is 23.5 Å². The number of ether oxygens (including phenoxy) is 2. The van der Waals surface area contributed by atoms with E-state index < -0.39 is 0 Å². The molecule has 5 nitrogen and oxygen atoms in total. The average Bonchev–Trinajstić information content (AvgIpc) is 3.25.